The van der Waals surface area contributed by atoms with Gasteiger partial charge in [0.1, 0.15) is 5.75 Å². The van der Waals surface area contributed by atoms with Gasteiger partial charge in [-0.05, 0) is 58.4 Å². The summed E-state index contributed by atoms with van der Waals surface area (Å²) in [5, 5.41) is 3.30. The van der Waals surface area contributed by atoms with Gasteiger partial charge in [0.25, 0.3) is 0 Å². The number of allylic oxidation sites excluding steroid dienone is 2. The molecule has 6 heteroatoms. The highest BCUT2D eigenvalue weighted by molar-refractivity contribution is 9.10. The number of nitrogens with zero attached hydrogens (tertiary/aromatic N) is 1. The van der Waals surface area contributed by atoms with Crippen molar-refractivity contribution in [1.82, 2.24) is 10.2 Å². The maximum atomic E-state index is 5.61. The molecule has 0 fully saturated rings. The Balaban J connectivity index is 2.09. The van der Waals surface area contributed by atoms with Crippen LogP contribution in [0.3, 0.4) is 0 Å². The van der Waals surface area contributed by atoms with E-state index in [0.29, 0.717) is 0 Å². The zero-order valence-electron chi connectivity index (χ0n) is 11.8. The molecular weight excluding hydrogens is 350 g/mol. The Labute approximate surface area is 138 Å². The van der Waals surface area contributed by atoms with E-state index in [2.05, 4.69) is 32.2 Å². The normalized spacial score (nSPS) is 20.4. The molecule has 0 saturated carbocycles. The first-order valence-corrected chi connectivity index (χ1v) is 7.76. The first-order chi connectivity index (χ1) is 10.0. The van der Waals surface area contributed by atoms with E-state index in [1.807, 2.05) is 42.6 Å². The van der Waals surface area contributed by atoms with Crippen LogP contribution in [0.2, 0.25) is 0 Å². The molecule has 1 heterocycles. The van der Waals surface area contributed by atoms with Gasteiger partial charge in [-0.15, -0.1) is 0 Å². The van der Waals surface area contributed by atoms with Crippen LogP contribution in [0.25, 0.3) is 0 Å². The van der Waals surface area contributed by atoms with Gasteiger partial charge >= 0.3 is 0 Å². The standard InChI is InChI=1S/C15H18BrN3OS/c1-20-13-7-3-2-6-12(13)8-11-19-10-5-4-9-15(19,16)18-14(17)21/h2-7,9-10H,8,11H2,1H3,(H3,17,18,21). The third kappa shape index (κ3) is 3.98. The van der Waals surface area contributed by atoms with Gasteiger partial charge in [-0.3, -0.25) is 0 Å². The van der Waals surface area contributed by atoms with Crippen molar-refractivity contribution in [2.24, 2.45) is 5.73 Å². The van der Waals surface area contributed by atoms with Crippen molar-refractivity contribution < 1.29 is 4.74 Å². The number of ether oxygens (including phenoxy) is 1. The number of benzene rings is 1. The van der Waals surface area contributed by atoms with E-state index in [1.165, 1.54) is 0 Å². The number of hydrogen-bond acceptors (Lipinski definition) is 3. The summed E-state index contributed by atoms with van der Waals surface area (Å²) in [6, 6.07) is 8.02. The van der Waals surface area contributed by atoms with Crippen LogP contribution < -0.4 is 15.8 Å². The Kier molecular flexibility index (Phi) is 5.25. The lowest BCUT2D eigenvalue weighted by atomic mass is 10.1. The summed E-state index contributed by atoms with van der Waals surface area (Å²) in [6.45, 7) is 0.780. The molecule has 0 radical (unpaired) electrons. The molecule has 1 aliphatic rings. The lowest BCUT2D eigenvalue weighted by molar-refractivity contribution is 0.277. The minimum absolute atomic E-state index is 0.245. The van der Waals surface area contributed by atoms with Gasteiger partial charge in [0.05, 0.1) is 7.11 Å². The van der Waals surface area contributed by atoms with Gasteiger partial charge in [0.15, 0.2) is 9.68 Å². The minimum atomic E-state index is -0.588. The van der Waals surface area contributed by atoms with Gasteiger partial charge in [-0.25, -0.2) is 0 Å². The van der Waals surface area contributed by atoms with Gasteiger partial charge < -0.3 is 20.7 Å². The topological polar surface area (TPSA) is 50.5 Å². The summed E-state index contributed by atoms with van der Waals surface area (Å²) in [6.07, 6.45) is 8.72. The highest BCUT2D eigenvalue weighted by atomic mass is 79.9. The molecule has 0 spiro atoms. The molecule has 0 amide bonds. The zero-order valence-corrected chi connectivity index (χ0v) is 14.2. The predicted molar refractivity (Wildman–Crippen MR) is 93.3 cm³/mol. The van der Waals surface area contributed by atoms with E-state index in [4.69, 9.17) is 22.7 Å². The van der Waals surface area contributed by atoms with E-state index in [-0.39, 0.29) is 5.11 Å². The number of halogens is 1. The van der Waals surface area contributed by atoms with E-state index in [9.17, 15) is 0 Å². The molecular formula is C15H18BrN3OS. The lowest BCUT2D eigenvalue weighted by Crippen LogP contribution is -2.55. The molecule has 0 aliphatic carbocycles. The van der Waals surface area contributed by atoms with Gasteiger partial charge in [0, 0.05) is 12.7 Å². The third-order valence-corrected chi connectivity index (χ3v) is 4.25. The zero-order chi connectivity index (χ0) is 15.3. The highest BCUT2D eigenvalue weighted by Gasteiger charge is 2.30. The fraction of sp³-hybridized carbons (Fsp3) is 0.267. The highest BCUT2D eigenvalue weighted by Crippen LogP contribution is 2.27. The van der Waals surface area contributed by atoms with Crippen LogP contribution in [-0.4, -0.2) is 28.2 Å². The quantitative estimate of drug-likeness (QED) is 0.475. The molecule has 2 rings (SSSR count). The van der Waals surface area contributed by atoms with Crippen LogP contribution in [0.15, 0.2) is 48.7 Å². The van der Waals surface area contributed by atoms with Crippen molar-refractivity contribution in [3.05, 3.63) is 54.3 Å². The maximum Gasteiger partial charge on any atom is 0.189 e. The summed E-state index contributed by atoms with van der Waals surface area (Å²) < 4.78 is 4.80. The largest absolute Gasteiger partial charge is 0.496 e. The van der Waals surface area contributed by atoms with Crippen LogP contribution in [0.1, 0.15) is 5.56 Å². The molecule has 4 nitrogen and oxygen atoms in total. The Morgan fingerprint density at radius 2 is 2.19 bits per heavy atom. The third-order valence-electron chi connectivity index (χ3n) is 3.23. The predicted octanol–water partition coefficient (Wildman–Crippen LogP) is 2.51. The number of para-hydroxylation sites is 1. The molecule has 1 aliphatic heterocycles. The van der Waals surface area contributed by atoms with Gasteiger partial charge in [-0.1, -0.05) is 24.3 Å². The Hall–Kier alpha value is -1.53. The van der Waals surface area contributed by atoms with Crippen molar-refractivity contribution >= 4 is 33.3 Å². The van der Waals surface area contributed by atoms with Crippen molar-refractivity contribution in [2.75, 3.05) is 13.7 Å². The van der Waals surface area contributed by atoms with Gasteiger partial charge in [0.2, 0.25) is 0 Å². The van der Waals surface area contributed by atoms with Crippen molar-refractivity contribution in [3.63, 3.8) is 0 Å². The molecule has 1 atom stereocenters. The first kappa shape index (κ1) is 15.9. The maximum absolute atomic E-state index is 5.61. The average molecular weight is 368 g/mol. The summed E-state index contributed by atoms with van der Waals surface area (Å²) in [5.41, 5.74) is 6.77. The molecule has 1 aromatic rings. The van der Waals surface area contributed by atoms with Gasteiger partial charge in [-0.2, -0.15) is 0 Å². The molecule has 0 saturated heterocycles. The molecule has 1 unspecified atom stereocenters. The lowest BCUT2D eigenvalue weighted by Gasteiger charge is -2.39. The number of alkyl halides is 1. The fourth-order valence-corrected chi connectivity index (χ4v) is 3.16. The van der Waals surface area contributed by atoms with E-state index in [0.717, 1.165) is 24.3 Å². The first-order valence-electron chi connectivity index (χ1n) is 6.56. The second-order valence-corrected chi connectivity index (χ2v) is 6.27. The summed E-state index contributed by atoms with van der Waals surface area (Å²) in [4.78, 5) is 2.10. The van der Waals surface area contributed by atoms with Crippen molar-refractivity contribution in [1.29, 1.82) is 0 Å². The molecule has 0 bridgehead atoms. The summed E-state index contributed by atoms with van der Waals surface area (Å²) in [5.74, 6) is 0.900. The number of nitrogens with one attached hydrogen (secondary N) is 1. The minimum Gasteiger partial charge on any atom is -0.496 e. The number of hydrogen-bond donors (Lipinski definition) is 2. The summed E-state index contributed by atoms with van der Waals surface area (Å²) >= 11 is 8.60. The number of methoxy groups -OCH3 is 1. The van der Waals surface area contributed by atoms with Crippen LogP contribution in [0.5, 0.6) is 5.75 Å². The van der Waals surface area contributed by atoms with E-state index >= 15 is 0 Å². The fourth-order valence-electron chi connectivity index (χ4n) is 2.21. The van der Waals surface area contributed by atoms with E-state index in [1.54, 1.807) is 7.11 Å². The Bertz CT molecular complexity index is 576. The van der Waals surface area contributed by atoms with Crippen molar-refractivity contribution in [2.45, 2.75) is 11.0 Å². The number of nitrogens with two attached hydrogens (primary N) is 1. The van der Waals surface area contributed by atoms with E-state index < -0.39 is 4.57 Å². The second kappa shape index (κ2) is 6.95. The SMILES string of the molecule is COc1ccccc1CCN1C=CC=CC1(Br)NC(N)=S. The van der Waals surface area contributed by atoms with Crippen molar-refractivity contribution in [3.8, 4) is 5.75 Å². The Morgan fingerprint density at radius 1 is 1.43 bits per heavy atom. The number of rotatable bonds is 5. The second-order valence-electron chi connectivity index (χ2n) is 4.62. The van der Waals surface area contributed by atoms with Crippen LogP contribution in [0, 0.1) is 0 Å². The molecule has 21 heavy (non-hydrogen) atoms. The van der Waals surface area contributed by atoms with Crippen LogP contribution in [-0.2, 0) is 6.42 Å². The summed E-state index contributed by atoms with van der Waals surface area (Å²) in [7, 11) is 1.69. The molecule has 1 aromatic carbocycles. The molecule has 0 aromatic heterocycles. The van der Waals surface area contributed by atoms with Crippen LogP contribution >= 0.6 is 28.1 Å². The Morgan fingerprint density at radius 3 is 2.90 bits per heavy atom. The van der Waals surface area contributed by atoms with Crippen LogP contribution in [0.4, 0.5) is 0 Å². The molecule has 112 valence electrons. The average Bonchev–Trinajstić information content (AvgIpc) is 2.45. The monoisotopic (exact) mass is 367 g/mol. The molecule has 3 N–H and O–H groups in total. The number of thiocarbonyl (C=S) groups is 1. The smallest absolute Gasteiger partial charge is 0.189 e.